The maximum Gasteiger partial charge on any atom is 0.257 e. The summed E-state index contributed by atoms with van der Waals surface area (Å²) in [5, 5.41) is 4.56. The van der Waals surface area contributed by atoms with E-state index >= 15 is 0 Å². The second kappa shape index (κ2) is 9.83. The molecule has 7 nitrogen and oxygen atoms in total. The first-order valence-corrected chi connectivity index (χ1v) is 11.5. The molecule has 8 heteroatoms. The lowest BCUT2D eigenvalue weighted by Crippen LogP contribution is -2.28. The van der Waals surface area contributed by atoms with Gasteiger partial charge in [-0.2, -0.15) is 4.98 Å². The minimum absolute atomic E-state index is 0.233. The molecule has 0 fully saturated rings. The smallest absolute Gasteiger partial charge is 0.257 e. The van der Waals surface area contributed by atoms with Gasteiger partial charge in [0.05, 0.1) is 5.56 Å². The molecular weight excluding hydrogens is 448 g/mol. The van der Waals surface area contributed by atoms with Crippen molar-refractivity contribution >= 4 is 40.0 Å². The van der Waals surface area contributed by atoms with E-state index in [2.05, 4.69) is 70.3 Å². The number of aryl methyl sites for hydroxylation is 2. The molecule has 34 heavy (non-hydrogen) atoms. The predicted octanol–water partition coefficient (Wildman–Crippen LogP) is 5.00. The number of hydrogen-bond acceptors (Lipinski definition) is 6. The first-order valence-electron chi connectivity index (χ1n) is 11.1. The van der Waals surface area contributed by atoms with Crippen molar-refractivity contribution in [3.05, 3.63) is 75.2 Å². The molecule has 4 rings (SSSR count). The third-order valence-corrected chi connectivity index (χ3v) is 6.25. The monoisotopic (exact) mass is 476 g/mol. The summed E-state index contributed by atoms with van der Waals surface area (Å²) in [6.45, 7) is 5.90. The van der Waals surface area contributed by atoms with Gasteiger partial charge in [-0.05, 0) is 63.3 Å². The highest BCUT2D eigenvalue weighted by Gasteiger charge is 2.15. The quantitative estimate of drug-likeness (QED) is 0.391. The van der Waals surface area contributed by atoms with E-state index in [9.17, 15) is 4.79 Å². The molecule has 0 aliphatic rings. The van der Waals surface area contributed by atoms with E-state index < -0.39 is 0 Å². The summed E-state index contributed by atoms with van der Waals surface area (Å²) in [7, 11) is 6.24. The van der Waals surface area contributed by atoms with Gasteiger partial charge >= 0.3 is 0 Å². The lowest BCUT2D eigenvalue weighted by molar-refractivity contribution is 0.416. The van der Waals surface area contributed by atoms with E-state index in [1.807, 2.05) is 31.2 Å². The highest BCUT2D eigenvalue weighted by atomic mass is 35.5. The van der Waals surface area contributed by atoms with Crippen LogP contribution < -0.4 is 15.8 Å². The zero-order chi connectivity index (χ0) is 24.4. The highest BCUT2D eigenvalue weighted by Crippen LogP contribution is 2.30. The van der Waals surface area contributed by atoms with E-state index in [0.717, 1.165) is 35.3 Å². The van der Waals surface area contributed by atoms with Crippen molar-refractivity contribution in [1.29, 1.82) is 0 Å². The lowest BCUT2D eigenvalue weighted by atomic mass is 10.0. The van der Waals surface area contributed by atoms with Crippen molar-refractivity contribution in [3.63, 3.8) is 0 Å². The number of fused-ring (bicyclic) bond motifs is 1. The van der Waals surface area contributed by atoms with Crippen LogP contribution in [0.15, 0.2) is 53.5 Å². The number of anilines is 3. The maximum absolute atomic E-state index is 12.9. The minimum Gasteiger partial charge on any atom is -0.373 e. The normalized spacial score (nSPS) is 11.3. The van der Waals surface area contributed by atoms with Gasteiger partial charge in [0, 0.05) is 53.7 Å². The standard InChI is InChI=1S/C26H29ClN6O/c1-16-14-18(10-11-22(16)33(5)13-12-32(3)4)29-26-28-15-20-17(2)23(25(34)30-24(20)31-26)19-8-6-7-9-21(19)27/h6-11,14-15H,12-13H2,1-5H3,(H2,28,29,30,31,34). The van der Waals surface area contributed by atoms with E-state index in [0.29, 0.717) is 27.7 Å². The number of likely N-dealkylation sites (N-methyl/N-ethyl adjacent to an activating group) is 2. The summed E-state index contributed by atoms with van der Waals surface area (Å²) < 4.78 is 0. The van der Waals surface area contributed by atoms with Crippen LogP contribution in [-0.4, -0.2) is 54.1 Å². The van der Waals surface area contributed by atoms with Crippen LogP contribution >= 0.6 is 11.6 Å². The van der Waals surface area contributed by atoms with Crippen LogP contribution in [0.2, 0.25) is 5.02 Å². The Labute approximate surface area is 204 Å². The van der Waals surface area contributed by atoms with Gasteiger partial charge in [-0.15, -0.1) is 0 Å². The molecule has 4 aromatic rings. The molecule has 0 saturated heterocycles. The predicted molar refractivity (Wildman–Crippen MR) is 142 cm³/mol. The molecule has 0 aliphatic carbocycles. The lowest BCUT2D eigenvalue weighted by Gasteiger charge is -2.23. The summed E-state index contributed by atoms with van der Waals surface area (Å²) in [5.41, 5.74) is 5.48. The Hall–Kier alpha value is -3.42. The molecule has 2 aromatic heterocycles. The van der Waals surface area contributed by atoms with Crippen LogP contribution in [0.3, 0.4) is 0 Å². The summed E-state index contributed by atoms with van der Waals surface area (Å²) in [6.07, 6.45) is 1.73. The molecule has 0 spiro atoms. The zero-order valence-electron chi connectivity index (χ0n) is 20.1. The van der Waals surface area contributed by atoms with Crippen molar-refractivity contribution in [1.82, 2.24) is 19.9 Å². The fourth-order valence-electron chi connectivity index (χ4n) is 4.04. The van der Waals surface area contributed by atoms with Gasteiger partial charge in [-0.25, -0.2) is 4.98 Å². The Morgan fingerprint density at radius 1 is 1.06 bits per heavy atom. The van der Waals surface area contributed by atoms with Gasteiger partial charge in [0.2, 0.25) is 5.95 Å². The number of rotatable bonds is 7. The molecule has 176 valence electrons. The fourth-order valence-corrected chi connectivity index (χ4v) is 4.27. The minimum atomic E-state index is -0.233. The summed E-state index contributed by atoms with van der Waals surface area (Å²) in [4.78, 5) is 29.3. The molecular formula is C26H29ClN6O. The summed E-state index contributed by atoms with van der Waals surface area (Å²) >= 11 is 6.34. The Balaban J connectivity index is 1.62. The van der Waals surface area contributed by atoms with E-state index in [-0.39, 0.29) is 5.56 Å². The maximum atomic E-state index is 12.9. The number of H-pyrrole nitrogens is 1. The Morgan fingerprint density at radius 3 is 2.53 bits per heavy atom. The summed E-state index contributed by atoms with van der Waals surface area (Å²) in [5.74, 6) is 0.418. The molecule has 0 aliphatic heterocycles. The molecule has 0 saturated carbocycles. The second-order valence-corrected chi connectivity index (χ2v) is 9.15. The zero-order valence-corrected chi connectivity index (χ0v) is 20.9. The van der Waals surface area contributed by atoms with Gasteiger partial charge in [0.15, 0.2) is 0 Å². The van der Waals surface area contributed by atoms with Gasteiger partial charge < -0.3 is 20.1 Å². The van der Waals surface area contributed by atoms with Crippen molar-refractivity contribution in [3.8, 4) is 11.1 Å². The molecule has 0 atom stereocenters. The number of aromatic amines is 1. The van der Waals surface area contributed by atoms with E-state index in [4.69, 9.17) is 11.6 Å². The largest absolute Gasteiger partial charge is 0.373 e. The average Bonchev–Trinajstić information content (AvgIpc) is 2.78. The van der Waals surface area contributed by atoms with Gasteiger partial charge in [-0.3, -0.25) is 4.79 Å². The average molecular weight is 477 g/mol. The number of nitrogens with zero attached hydrogens (tertiary/aromatic N) is 4. The highest BCUT2D eigenvalue weighted by molar-refractivity contribution is 6.33. The van der Waals surface area contributed by atoms with Crippen LogP contribution in [0, 0.1) is 13.8 Å². The number of benzene rings is 2. The van der Waals surface area contributed by atoms with Crippen molar-refractivity contribution < 1.29 is 0 Å². The summed E-state index contributed by atoms with van der Waals surface area (Å²) in [6, 6.07) is 13.5. The van der Waals surface area contributed by atoms with Crippen molar-refractivity contribution in [2.24, 2.45) is 0 Å². The first kappa shape index (κ1) is 23.7. The van der Waals surface area contributed by atoms with E-state index in [1.165, 1.54) is 5.69 Å². The van der Waals surface area contributed by atoms with Crippen LogP contribution in [-0.2, 0) is 0 Å². The number of nitrogens with one attached hydrogen (secondary N) is 2. The first-order chi connectivity index (χ1) is 16.2. The molecule has 0 radical (unpaired) electrons. The number of hydrogen-bond donors (Lipinski definition) is 2. The third-order valence-electron chi connectivity index (χ3n) is 5.92. The Morgan fingerprint density at radius 2 is 1.82 bits per heavy atom. The third kappa shape index (κ3) is 4.90. The van der Waals surface area contributed by atoms with Gasteiger partial charge in [0.1, 0.15) is 5.65 Å². The van der Waals surface area contributed by atoms with Crippen LogP contribution in [0.1, 0.15) is 11.1 Å². The topological polar surface area (TPSA) is 77.1 Å². The fraction of sp³-hybridized carbons (Fsp3) is 0.269. The SMILES string of the molecule is Cc1cc(Nc2ncc3c(C)c(-c4ccccc4Cl)c(=O)[nH]c3n2)ccc1N(C)CCN(C)C. The molecule has 2 heterocycles. The van der Waals surface area contributed by atoms with Gasteiger partial charge in [-0.1, -0.05) is 29.8 Å². The van der Waals surface area contributed by atoms with Crippen molar-refractivity contribution in [2.75, 3.05) is 44.4 Å². The van der Waals surface area contributed by atoms with Gasteiger partial charge in [0.25, 0.3) is 5.56 Å². The molecule has 2 N–H and O–H groups in total. The van der Waals surface area contributed by atoms with E-state index in [1.54, 1.807) is 12.3 Å². The van der Waals surface area contributed by atoms with Crippen LogP contribution in [0.5, 0.6) is 0 Å². The van der Waals surface area contributed by atoms with Crippen LogP contribution in [0.25, 0.3) is 22.2 Å². The molecule has 0 unspecified atom stereocenters. The van der Waals surface area contributed by atoms with Crippen molar-refractivity contribution in [2.45, 2.75) is 13.8 Å². The number of pyridine rings is 1. The van der Waals surface area contributed by atoms with Crippen LogP contribution in [0.4, 0.5) is 17.3 Å². The molecule has 0 amide bonds. The number of aromatic nitrogens is 3. The Bertz CT molecular complexity index is 1400. The Kier molecular flexibility index (Phi) is 6.86. The molecule has 2 aromatic carbocycles. The number of halogens is 1. The second-order valence-electron chi connectivity index (χ2n) is 8.74. The molecule has 0 bridgehead atoms.